The van der Waals surface area contributed by atoms with Gasteiger partial charge in [0, 0.05) is 35.2 Å². The number of ether oxygens (including phenoxy) is 5. The molecule has 0 heterocycles. The zero-order valence-electron chi connectivity index (χ0n) is 12.8. The van der Waals surface area contributed by atoms with Gasteiger partial charge in [0.2, 0.25) is 0 Å². The Bertz CT molecular complexity index is 379. The second-order valence-corrected chi connectivity index (χ2v) is 4.16. The normalized spacial score (nSPS) is 16.2. The molecule has 0 rings (SSSR count). The van der Waals surface area contributed by atoms with E-state index >= 15 is 0 Å². The lowest BCUT2D eigenvalue weighted by Crippen LogP contribution is -2.51. The Hall–Kier alpha value is -1.69. The summed E-state index contributed by atoms with van der Waals surface area (Å²) in [4.78, 5) is 22.5. The van der Waals surface area contributed by atoms with Crippen LogP contribution in [-0.4, -0.2) is 64.3 Å². The summed E-state index contributed by atoms with van der Waals surface area (Å²) in [6, 6.07) is 1.89. The van der Waals surface area contributed by atoms with Crippen molar-refractivity contribution in [2.45, 2.75) is 38.3 Å². The average Bonchev–Trinajstić information content (AvgIpc) is 2.41. The summed E-state index contributed by atoms with van der Waals surface area (Å²) >= 11 is 0. The van der Waals surface area contributed by atoms with Crippen LogP contribution in [0.3, 0.4) is 0 Å². The molecular weight excluding hydrogens is 282 g/mol. The highest BCUT2D eigenvalue weighted by molar-refractivity contribution is 5.67. The highest BCUT2D eigenvalue weighted by atomic mass is 16.6. The molecule has 0 aromatic heterocycles. The van der Waals surface area contributed by atoms with E-state index in [2.05, 4.69) is 0 Å². The standard InChI is InChI=1S/C13H21NO7/c1-8(15)20-11(7-17-3)13(21-9(2)16)12(19-5)10(6-14)18-4/h10-13H,7H2,1-5H3/t10-,11-,12-,13-/m1/s1. The molecule has 0 aromatic rings. The van der Waals surface area contributed by atoms with Gasteiger partial charge in [-0.25, -0.2) is 0 Å². The SMILES string of the molecule is COC[C@@H](OC(C)=O)[C@@H](OC(C)=O)[C@H](OC)[C@@H](C#N)OC. The van der Waals surface area contributed by atoms with Crippen LogP contribution < -0.4 is 0 Å². The highest BCUT2D eigenvalue weighted by Gasteiger charge is 2.40. The third-order valence-electron chi connectivity index (χ3n) is 2.59. The Kier molecular flexibility index (Phi) is 9.28. The second kappa shape index (κ2) is 10.1. The zero-order valence-corrected chi connectivity index (χ0v) is 12.8. The van der Waals surface area contributed by atoms with Gasteiger partial charge in [0.25, 0.3) is 0 Å². The van der Waals surface area contributed by atoms with Crippen molar-refractivity contribution >= 4 is 11.9 Å². The number of carbonyl (C=O) groups is 2. The molecule has 0 bridgehead atoms. The number of hydrogen-bond donors (Lipinski definition) is 0. The molecule has 0 amide bonds. The molecule has 21 heavy (non-hydrogen) atoms. The van der Waals surface area contributed by atoms with Crippen molar-refractivity contribution < 1.29 is 33.3 Å². The molecule has 0 fully saturated rings. The third kappa shape index (κ3) is 6.53. The van der Waals surface area contributed by atoms with Gasteiger partial charge >= 0.3 is 11.9 Å². The van der Waals surface area contributed by atoms with Gasteiger partial charge in [0.05, 0.1) is 12.7 Å². The summed E-state index contributed by atoms with van der Waals surface area (Å²) in [6.07, 6.45) is -3.91. The summed E-state index contributed by atoms with van der Waals surface area (Å²) in [5.74, 6) is -1.18. The molecule has 0 aliphatic carbocycles. The minimum absolute atomic E-state index is 0.0285. The molecule has 4 atom stereocenters. The van der Waals surface area contributed by atoms with Gasteiger partial charge in [-0.05, 0) is 0 Å². The van der Waals surface area contributed by atoms with Crippen molar-refractivity contribution in [1.29, 1.82) is 5.26 Å². The fraction of sp³-hybridized carbons (Fsp3) is 0.769. The van der Waals surface area contributed by atoms with Crippen molar-refractivity contribution in [3.05, 3.63) is 0 Å². The quantitative estimate of drug-likeness (QED) is 0.550. The van der Waals surface area contributed by atoms with E-state index in [4.69, 9.17) is 28.9 Å². The van der Waals surface area contributed by atoms with Crippen LogP contribution in [0.25, 0.3) is 0 Å². The highest BCUT2D eigenvalue weighted by Crippen LogP contribution is 2.18. The molecule has 0 aliphatic rings. The van der Waals surface area contributed by atoms with Crippen molar-refractivity contribution in [3.63, 3.8) is 0 Å². The predicted octanol–water partition coefficient (Wildman–Crippen LogP) is 0.0498. The van der Waals surface area contributed by atoms with E-state index in [0.29, 0.717) is 0 Å². The van der Waals surface area contributed by atoms with Gasteiger partial charge in [-0.2, -0.15) is 5.26 Å². The van der Waals surface area contributed by atoms with E-state index in [1.54, 1.807) is 0 Å². The average molecular weight is 303 g/mol. The monoisotopic (exact) mass is 303 g/mol. The number of carbonyl (C=O) groups excluding carboxylic acids is 2. The van der Waals surface area contributed by atoms with Crippen molar-refractivity contribution in [3.8, 4) is 6.07 Å². The first-order chi connectivity index (χ1) is 9.90. The smallest absolute Gasteiger partial charge is 0.303 e. The number of nitriles is 1. The fourth-order valence-electron chi connectivity index (χ4n) is 1.81. The topological polar surface area (TPSA) is 104 Å². The molecule has 120 valence electrons. The molecule has 0 saturated carbocycles. The molecule has 8 heteroatoms. The maximum atomic E-state index is 11.3. The number of esters is 2. The first kappa shape index (κ1) is 19.3. The lowest BCUT2D eigenvalue weighted by molar-refractivity contribution is -0.188. The number of nitrogens with zero attached hydrogens (tertiary/aromatic N) is 1. The van der Waals surface area contributed by atoms with E-state index in [9.17, 15) is 9.59 Å². The van der Waals surface area contributed by atoms with Gasteiger partial charge in [-0.15, -0.1) is 0 Å². The van der Waals surface area contributed by atoms with Crippen LogP contribution in [0.15, 0.2) is 0 Å². The van der Waals surface area contributed by atoms with Crippen molar-refractivity contribution in [2.24, 2.45) is 0 Å². The molecule has 0 N–H and O–H groups in total. The number of methoxy groups -OCH3 is 3. The van der Waals surface area contributed by atoms with Gasteiger partial charge in [0.15, 0.2) is 18.3 Å². The Labute approximate surface area is 123 Å². The van der Waals surface area contributed by atoms with E-state index in [-0.39, 0.29) is 6.61 Å². The predicted molar refractivity (Wildman–Crippen MR) is 70.2 cm³/mol. The summed E-state index contributed by atoms with van der Waals surface area (Å²) in [5, 5.41) is 9.07. The number of rotatable bonds is 9. The number of hydrogen-bond acceptors (Lipinski definition) is 8. The van der Waals surface area contributed by atoms with Gasteiger partial charge in [-0.1, -0.05) is 0 Å². The summed E-state index contributed by atoms with van der Waals surface area (Å²) in [7, 11) is 4.06. The molecular formula is C13H21NO7. The zero-order chi connectivity index (χ0) is 16.4. The van der Waals surface area contributed by atoms with Crippen LogP contribution >= 0.6 is 0 Å². The third-order valence-corrected chi connectivity index (χ3v) is 2.59. The van der Waals surface area contributed by atoms with Crippen LogP contribution in [0, 0.1) is 11.3 Å². The van der Waals surface area contributed by atoms with Gasteiger partial charge in [-0.3, -0.25) is 9.59 Å². The van der Waals surface area contributed by atoms with Crippen LogP contribution in [0.2, 0.25) is 0 Å². The van der Waals surface area contributed by atoms with Gasteiger partial charge < -0.3 is 23.7 Å². The lowest BCUT2D eigenvalue weighted by atomic mass is 10.0. The largest absolute Gasteiger partial charge is 0.456 e. The van der Waals surface area contributed by atoms with Crippen molar-refractivity contribution in [1.82, 2.24) is 0 Å². The van der Waals surface area contributed by atoms with Crippen LogP contribution in [0.1, 0.15) is 13.8 Å². The first-order valence-electron chi connectivity index (χ1n) is 6.19. The fourth-order valence-corrected chi connectivity index (χ4v) is 1.81. The summed E-state index contributed by atoms with van der Waals surface area (Å²) in [5.41, 5.74) is 0. The van der Waals surface area contributed by atoms with Crippen LogP contribution in [-0.2, 0) is 33.3 Å². The molecule has 0 radical (unpaired) electrons. The van der Waals surface area contributed by atoms with E-state index in [1.165, 1.54) is 35.2 Å². The minimum atomic E-state index is -1.04. The molecule has 8 nitrogen and oxygen atoms in total. The summed E-state index contributed by atoms with van der Waals surface area (Å²) in [6.45, 7) is 2.39. The maximum absolute atomic E-state index is 11.3. The van der Waals surface area contributed by atoms with Gasteiger partial charge in [0.1, 0.15) is 6.10 Å². The first-order valence-corrected chi connectivity index (χ1v) is 6.19. The molecule has 0 saturated heterocycles. The molecule has 0 spiro atoms. The van der Waals surface area contributed by atoms with Crippen molar-refractivity contribution in [2.75, 3.05) is 27.9 Å². The lowest BCUT2D eigenvalue weighted by Gasteiger charge is -2.32. The molecule has 0 aliphatic heterocycles. The summed E-state index contributed by atoms with van der Waals surface area (Å²) < 4.78 is 25.4. The molecule has 0 aromatic carbocycles. The van der Waals surface area contributed by atoms with E-state index in [1.807, 2.05) is 6.07 Å². The van der Waals surface area contributed by atoms with Crippen LogP contribution in [0.5, 0.6) is 0 Å². The molecule has 0 unspecified atom stereocenters. The van der Waals surface area contributed by atoms with E-state index in [0.717, 1.165) is 0 Å². The van der Waals surface area contributed by atoms with Crippen LogP contribution in [0.4, 0.5) is 0 Å². The Morgan fingerprint density at radius 2 is 1.57 bits per heavy atom. The minimum Gasteiger partial charge on any atom is -0.456 e. The Morgan fingerprint density at radius 3 is 1.90 bits per heavy atom. The van der Waals surface area contributed by atoms with E-state index < -0.39 is 36.4 Å². The second-order valence-electron chi connectivity index (χ2n) is 4.16. The maximum Gasteiger partial charge on any atom is 0.303 e. The Balaban J connectivity index is 5.41. The Morgan fingerprint density at radius 1 is 1.00 bits per heavy atom.